The Kier molecular flexibility index (Phi) is 3.74. The van der Waals surface area contributed by atoms with Crippen LogP contribution in [0.25, 0.3) is 5.65 Å². The number of nitrogens with one attached hydrogen (secondary N) is 2. The molecule has 1 amide bonds. The molecule has 0 unspecified atom stereocenters. The molecule has 6 nitrogen and oxygen atoms in total. The third kappa shape index (κ3) is 3.11. The van der Waals surface area contributed by atoms with E-state index in [9.17, 15) is 13.6 Å². The number of H-pyrrole nitrogens is 1. The molecule has 130 valence electrons. The predicted molar refractivity (Wildman–Crippen MR) is 87.8 cm³/mol. The number of fused-ring (bicyclic) bond motifs is 1. The highest BCUT2D eigenvalue weighted by atomic mass is 19.3. The maximum atomic E-state index is 12.8. The lowest BCUT2D eigenvalue weighted by molar-refractivity contribution is -0.117. The fourth-order valence-corrected chi connectivity index (χ4v) is 2.73. The van der Waals surface area contributed by atoms with Crippen LogP contribution in [-0.4, -0.2) is 25.5 Å². The topological polar surface area (TPSA) is 75.1 Å². The number of amides is 1. The zero-order valence-corrected chi connectivity index (χ0v) is 13.5. The molecule has 0 radical (unpaired) electrons. The van der Waals surface area contributed by atoms with Crippen LogP contribution in [0.2, 0.25) is 0 Å². The van der Waals surface area contributed by atoms with E-state index >= 15 is 0 Å². The Balaban J connectivity index is 1.51. The average Bonchev–Trinajstić information content (AvgIpc) is 3.18. The van der Waals surface area contributed by atoms with Gasteiger partial charge in [0.2, 0.25) is 5.91 Å². The summed E-state index contributed by atoms with van der Waals surface area (Å²) in [6.07, 6.45) is 2.94. The molecule has 1 saturated carbocycles. The van der Waals surface area contributed by atoms with Crippen molar-refractivity contribution >= 4 is 17.4 Å². The second kappa shape index (κ2) is 5.94. The minimum absolute atomic E-state index is 0.0918. The van der Waals surface area contributed by atoms with Gasteiger partial charge in [-0.1, -0.05) is 0 Å². The fourth-order valence-electron chi connectivity index (χ4n) is 2.73. The number of carbonyl (C=O) groups is 1. The molecular formula is C17H17F2N5O. The van der Waals surface area contributed by atoms with Gasteiger partial charge in [-0.15, -0.1) is 0 Å². The SMILES string of the molecule is C[C@H](C(=O)Nc1cc(C2CC2)[nH]n1)c1cn2ccc(C(F)F)cc2n1. The van der Waals surface area contributed by atoms with Crippen molar-refractivity contribution < 1.29 is 13.6 Å². The zero-order chi connectivity index (χ0) is 17.6. The van der Waals surface area contributed by atoms with Gasteiger partial charge >= 0.3 is 0 Å². The van der Waals surface area contributed by atoms with E-state index in [4.69, 9.17) is 0 Å². The maximum Gasteiger partial charge on any atom is 0.264 e. The number of halogens is 2. The van der Waals surface area contributed by atoms with E-state index in [0.29, 0.717) is 23.1 Å². The van der Waals surface area contributed by atoms with E-state index in [-0.39, 0.29) is 11.5 Å². The minimum atomic E-state index is -2.55. The lowest BCUT2D eigenvalue weighted by atomic mass is 10.1. The molecule has 3 aromatic heterocycles. The smallest absolute Gasteiger partial charge is 0.264 e. The van der Waals surface area contributed by atoms with Crippen LogP contribution in [0.4, 0.5) is 14.6 Å². The van der Waals surface area contributed by atoms with Gasteiger partial charge in [0, 0.05) is 35.6 Å². The monoisotopic (exact) mass is 345 g/mol. The van der Waals surface area contributed by atoms with Crippen LogP contribution in [0.3, 0.4) is 0 Å². The molecule has 2 N–H and O–H groups in total. The summed E-state index contributed by atoms with van der Waals surface area (Å²) in [5, 5.41) is 9.80. The summed E-state index contributed by atoms with van der Waals surface area (Å²) >= 11 is 0. The quantitative estimate of drug-likeness (QED) is 0.742. The fraction of sp³-hybridized carbons (Fsp3) is 0.353. The van der Waals surface area contributed by atoms with Crippen molar-refractivity contribution in [3.8, 4) is 0 Å². The molecule has 1 aliphatic rings. The number of hydrogen-bond acceptors (Lipinski definition) is 3. The number of rotatable bonds is 5. The van der Waals surface area contributed by atoms with Crippen molar-refractivity contribution in [1.82, 2.24) is 19.6 Å². The van der Waals surface area contributed by atoms with Crippen molar-refractivity contribution in [2.45, 2.75) is 38.0 Å². The van der Waals surface area contributed by atoms with Crippen molar-refractivity contribution in [3.63, 3.8) is 0 Å². The molecule has 3 aromatic rings. The van der Waals surface area contributed by atoms with Gasteiger partial charge in [-0.3, -0.25) is 9.89 Å². The number of aromatic nitrogens is 4. The first kappa shape index (κ1) is 15.7. The predicted octanol–water partition coefficient (Wildman–Crippen LogP) is 3.61. The average molecular weight is 345 g/mol. The summed E-state index contributed by atoms with van der Waals surface area (Å²) < 4.78 is 27.2. The van der Waals surface area contributed by atoms with Gasteiger partial charge in [0.05, 0.1) is 11.6 Å². The summed E-state index contributed by atoms with van der Waals surface area (Å²) in [6, 6.07) is 4.52. The summed E-state index contributed by atoms with van der Waals surface area (Å²) in [6.45, 7) is 1.72. The highest BCUT2D eigenvalue weighted by Crippen LogP contribution is 2.39. The third-order valence-corrected chi connectivity index (χ3v) is 4.46. The largest absolute Gasteiger partial charge is 0.309 e. The molecule has 3 heterocycles. The molecule has 0 spiro atoms. The lowest BCUT2D eigenvalue weighted by Gasteiger charge is -2.07. The van der Waals surface area contributed by atoms with Gasteiger partial charge in [-0.05, 0) is 31.9 Å². The normalized spacial score (nSPS) is 15.7. The Bertz CT molecular complexity index is 928. The first-order valence-corrected chi connectivity index (χ1v) is 8.14. The van der Waals surface area contributed by atoms with Crippen molar-refractivity contribution in [1.29, 1.82) is 0 Å². The molecule has 25 heavy (non-hydrogen) atoms. The molecule has 1 fully saturated rings. The number of imidazole rings is 1. The number of alkyl halides is 2. The molecule has 1 aliphatic carbocycles. The van der Waals surface area contributed by atoms with Crippen LogP contribution < -0.4 is 5.32 Å². The Labute approximate surface area is 142 Å². The van der Waals surface area contributed by atoms with Crippen LogP contribution in [0.15, 0.2) is 30.6 Å². The molecule has 1 atom stereocenters. The molecule has 8 heteroatoms. The van der Waals surface area contributed by atoms with E-state index in [1.54, 1.807) is 17.5 Å². The van der Waals surface area contributed by atoms with Crippen molar-refractivity contribution in [3.05, 3.63) is 47.5 Å². The van der Waals surface area contributed by atoms with E-state index < -0.39 is 12.3 Å². The van der Waals surface area contributed by atoms with Gasteiger partial charge in [0.25, 0.3) is 6.43 Å². The second-order valence-corrected chi connectivity index (χ2v) is 6.39. The zero-order valence-electron chi connectivity index (χ0n) is 13.5. The van der Waals surface area contributed by atoms with E-state index in [1.165, 1.54) is 18.3 Å². The van der Waals surface area contributed by atoms with Crippen LogP contribution in [0.5, 0.6) is 0 Å². The van der Waals surface area contributed by atoms with Crippen molar-refractivity contribution in [2.24, 2.45) is 0 Å². The Hall–Kier alpha value is -2.77. The van der Waals surface area contributed by atoms with Crippen LogP contribution >= 0.6 is 0 Å². The number of hydrogen-bond donors (Lipinski definition) is 2. The molecular weight excluding hydrogens is 328 g/mol. The first-order chi connectivity index (χ1) is 12.0. The Morgan fingerprint density at radius 1 is 1.40 bits per heavy atom. The van der Waals surface area contributed by atoms with E-state index in [1.807, 2.05) is 6.07 Å². The summed E-state index contributed by atoms with van der Waals surface area (Å²) in [7, 11) is 0. The first-order valence-electron chi connectivity index (χ1n) is 8.14. The molecule has 4 rings (SSSR count). The van der Waals surface area contributed by atoms with Gasteiger partial charge in [-0.2, -0.15) is 5.10 Å². The number of nitrogens with zero attached hydrogens (tertiary/aromatic N) is 3. The number of aromatic amines is 1. The highest BCUT2D eigenvalue weighted by Gasteiger charge is 2.26. The third-order valence-electron chi connectivity index (χ3n) is 4.46. The number of pyridine rings is 1. The summed E-state index contributed by atoms with van der Waals surface area (Å²) in [5.74, 6) is 0.239. The van der Waals surface area contributed by atoms with Gasteiger partial charge in [-0.25, -0.2) is 13.8 Å². The number of anilines is 1. The van der Waals surface area contributed by atoms with Gasteiger partial charge in [0.15, 0.2) is 5.82 Å². The Morgan fingerprint density at radius 2 is 2.20 bits per heavy atom. The summed E-state index contributed by atoms with van der Waals surface area (Å²) in [4.78, 5) is 16.7. The lowest BCUT2D eigenvalue weighted by Crippen LogP contribution is -2.19. The van der Waals surface area contributed by atoms with Crippen LogP contribution in [0.1, 0.15) is 55.0 Å². The maximum absolute atomic E-state index is 12.8. The minimum Gasteiger partial charge on any atom is -0.309 e. The summed E-state index contributed by atoms with van der Waals surface area (Å²) in [5.41, 5.74) is 1.85. The molecule has 0 aliphatic heterocycles. The Morgan fingerprint density at radius 3 is 2.92 bits per heavy atom. The van der Waals surface area contributed by atoms with Crippen LogP contribution in [0, 0.1) is 0 Å². The number of carbonyl (C=O) groups excluding carboxylic acids is 1. The van der Waals surface area contributed by atoms with Gasteiger partial charge < -0.3 is 9.72 Å². The second-order valence-electron chi connectivity index (χ2n) is 6.39. The molecule has 0 saturated heterocycles. The molecule has 0 bridgehead atoms. The van der Waals surface area contributed by atoms with Gasteiger partial charge in [0.1, 0.15) is 5.65 Å². The van der Waals surface area contributed by atoms with E-state index in [2.05, 4.69) is 20.5 Å². The molecule has 0 aromatic carbocycles. The van der Waals surface area contributed by atoms with E-state index in [0.717, 1.165) is 18.5 Å². The van der Waals surface area contributed by atoms with Crippen LogP contribution in [-0.2, 0) is 4.79 Å². The standard InChI is InChI=1S/C17H17F2N5O/c1-9(17(25)21-14-7-12(22-23-14)10-2-3-10)13-8-24-5-4-11(16(18)19)6-15(24)20-13/h4-10,16H,2-3H2,1H3,(H2,21,22,23,25)/t9-/m0/s1. The van der Waals surface area contributed by atoms with Crippen molar-refractivity contribution in [2.75, 3.05) is 5.32 Å². The highest BCUT2D eigenvalue weighted by molar-refractivity contribution is 5.94.